The molecule has 1 aromatic heterocycles. The SMILES string of the molecule is CCCn1c(N(c2cc(C(F)(F)F)cc(C(F)(F)F)c2Cl)C(OCC)C(=O)OC)nc(C(F)(F)F)c(Br)c1=O. The van der Waals surface area contributed by atoms with Crippen molar-refractivity contribution in [3.8, 4) is 0 Å². The van der Waals surface area contributed by atoms with Crippen LogP contribution in [0.25, 0.3) is 0 Å². The molecule has 0 radical (unpaired) electrons. The first-order valence-corrected chi connectivity index (χ1v) is 11.8. The molecule has 1 unspecified atom stereocenters. The van der Waals surface area contributed by atoms with Gasteiger partial charge in [-0.05, 0) is 41.4 Å². The molecule has 0 aliphatic rings. The number of carbonyl (C=O) groups is 1. The predicted molar refractivity (Wildman–Crippen MR) is 123 cm³/mol. The Kier molecular flexibility index (Phi) is 9.99. The van der Waals surface area contributed by atoms with Gasteiger partial charge < -0.3 is 9.47 Å². The monoisotopic (exact) mass is 661 g/mol. The smallest absolute Gasteiger partial charge is 0.434 e. The minimum Gasteiger partial charge on any atom is -0.466 e. The molecular weight excluding hydrogens is 645 g/mol. The molecule has 218 valence electrons. The van der Waals surface area contributed by atoms with E-state index in [1.54, 1.807) is 0 Å². The summed E-state index contributed by atoms with van der Waals surface area (Å²) in [6, 6.07) is -0.253. The average molecular weight is 663 g/mol. The van der Waals surface area contributed by atoms with Crippen LogP contribution in [-0.2, 0) is 39.3 Å². The minimum absolute atomic E-state index is 0.0296. The van der Waals surface area contributed by atoms with Gasteiger partial charge in [0.05, 0.1) is 28.9 Å². The second-order valence-corrected chi connectivity index (χ2v) is 8.75. The van der Waals surface area contributed by atoms with Crippen LogP contribution in [0.3, 0.4) is 0 Å². The first kappa shape index (κ1) is 32.7. The molecule has 0 bridgehead atoms. The van der Waals surface area contributed by atoms with E-state index in [0.717, 1.165) is 7.11 Å². The zero-order chi connectivity index (χ0) is 30.1. The standard InChI is InChI=1S/C21H18BrClF9N3O4/c1-4-6-34-15(36)12(22)14(21(30,31)32)33-18(34)35(16(39-5-2)17(37)38-3)11-8-9(19(24,25)26)7-10(13(11)23)20(27,28)29/h7-8,16H,4-6H2,1-3H3. The highest BCUT2D eigenvalue weighted by Gasteiger charge is 2.44. The van der Waals surface area contributed by atoms with Gasteiger partial charge in [0.1, 0.15) is 4.47 Å². The van der Waals surface area contributed by atoms with Gasteiger partial charge in [-0.25, -0.2) is 9.78 Å². The minimum atomic E-state index is -5.49. The third-order valence-electron chi connectivity index (χ3n) is 4.93. The van der Waals surface area contributed by atoms with Crippen LogP contribution in [0.15, 0.2) is 21.4 Å². The second-order valence-electron chi connectivity index (χ2n) is 7.58. The van der Waals surface area contributed by atoms with Crippen LogP contribution in [0.1, 0.15) is 37.1 Å². The predicted octanol–water partition coefficient (Wildman–Crippen LogP) is 6.80. The lowest BCUT2D eigenvalue weighted by molar-refractivity contribution is -0.153. The maximum Gasteiger partial charge on any atom is 0.434 e. The van der Waals surface area contributed by atoms with E-state index < -0.39 is 87.4 Å². The Labute approximate surface area is 227 Å². The van der Waals surface area contributed by atoms with Gasteiger partial charge in [-0.3, -0.25) is 14.3 Å². The van der Waals surface area contributed by atoms with Crippen molar-refractivity contribution in [1.29, 1.82) is 0 Å². The van der Waals surface area contributed by atoms with E-state index in [-0.39, 0.29) is 23.5 Å². The Morgan fingerprint density at radius 2 is 1.67 bits per heavy atom. The zero-order valence-electron chi connectivity index (χ0n) is 20.0. The van der Waals surface area contributed by atoms with Crippen molar-refractivity contribution in [2.45, 2.75) is 51.6 Å². The van der Waals surface area contributed by atoms with Gasteiger partial charge >= 0.3 is 24.5 Å². The molecule has 1 atom stereocenters. The molecule has 0 saturated carbocycles. The van der Waals surface area contributed by atoms with Crippen LogP contribution in [0.5, 0.6) is 0 Å². The lowest BCUT2D eigenvalue weighted by Gasteiger charge is -2.34. The summed E-state index contributed by atoms with van der Waals surface area (Å²) in [4.78, 5) is 29.1. The van der Waals surface area contributed by atoms with Crippen molar-refractivity contribution in [3.63, 3.8) is 0 Å². The number of hydrogen-bond acceptors (Lipinski definition) is 6. The van der Waals surface area contributed by atoms with Crippen molar-refractivity contribution in [3.05, 3.63) is 48.8 Å². The number of esters is 1. The number of anilines is 2. The van der Waals surface area contributed by atoms with Crippen molar-refractivity contribution in [1.82, 2.24) is 9.55 Å². The number of rotatable bonds is 8. The first-order valence-electron chi connectivity index (χ1n) is 10.6. The molecule has 39 heavy (non-hydrogen) atoms. The Hall–Kier alpha value is -2.53. The van der Waals surface area contributed by atoms with Gasteiger partial charge in [0.2, 0.25) is 12.2 Å². The number of halogens is 11. The van der Waals surface area contributed by atoms with Crippen molar-refractivity contribution in [2.24, 2.45) is 0 Å². The summed E-state index contributed by atoms with van der Waals surface area (Å²) in [5, 5.41) is -1.45. The maximum absolute atomic E-state index is 13.8. The lowest BCUT2D eigenvalue weighted by Crippen LogP contribution is -2.45. The fourth-order valence-corrected chi connectivity index (χ4v) is 4.15. The molecule has 7 nitrogen and oxygen atoms in total. The summed E-state index contributed by atoms with van der Waals surface area (Å²) < 4.78 is 133. The number of aromatic nitrogens is 2. The van der Waals surface area contributed by atoms with Gasteiger partial charge in [-0.2, -0.15) is 39.5 Å². The second kappa shape index (κ2) is 11.9. The fraction of sp³-hybridized carbons (Fsp3) is 0.476. The molecule has 1 heterocycles. The van der Waals surface area contributed by atoms with Crippen LogP contribution in [0.4, 0.5) is 51.1 Å². The number of methoxy groups -OCH3 is 1. The number of nitrogens with zero attached hydrogens (tertiary/aromatic N) is 3. The average Bonchev–Trinajstić information content (AvgIpc) is 2.80. The molecule has 0 spiro atoms. The summed E-state index contributed by atoms with van der Waals surface area (Å²) in [6.45, 7) is 1.85. The number of carbonyl (C=O) groups excluding carboxylic acids is 1. The Bertz CT molecular complexity index is 1280. The van der Waals surface area contributed by atoms with E-state index in [2.05, 4.69) is 25.7 Å². The van der Waals surface area contributed by atoms with Crippen LogP contribution < -0.4 is 10.5 Å². The van der Waals surface area contributed by atoms with Gasteiger partial charge in [-0.1, -0.05) is 18.5 Å². The summed E-state index contributed by atoms with van der Waals surface area (Å²) in [5.74, 6) is -2.65. The van der Waals surface area contributed by atoms with E-state index >= 15 is 0 Å². The Morgan fingerprint density at radius 1 is 1.08 bits per heavy atom. The van der Waals surface area contributed by atoms with E-state index in [1.807, 2.05) is 0 Å². The molecule has 2 rings (SSSR count). The molecule has 0 amide bonds. The van der Waals surface area contributed by atoms with Crippen molar-refractivity contribution < 1.29 is 53.8 Å². The van der Waals surface area contributed by atoms with Crippen LogP contribution in [-0.4, -0.2) is 35.5 Å². The molecule has 0 aliphatic carbocycles. The topological polar surface area (TPSA) is 73.7 Å². The quantitative estimate of drug-likeness (QED) is 0.176. The molecule has 0 fully saturated rings. The van der Waals surface area contributed by atoms with Gasteiger partial charge in [0.25, 0.3) is 5.56 Å². The molecule has 0 aliphatic heterocycles. The van der Waals surface area contributed by atoms with E-state index in [4.69, 9.17) is 16.3 Å². The summed E-state index contributed by atoms with van der Waals surface area (Å²) in [7, 11) is 0.775. The third kappa shape index (κ3) is 6.98. The van der Waals surface area contributed by atoms with Crippen LogP contribution >= 0.6 is 27.5 Å². The molecule has 0 N–H and O–H groups in total. The van der Waals surface area contributed by atoms with E-state index in [9.17, 15) is 49.1 Å². The molecule has 18 heteroatoms. The van der Waals surface area contributed by atoms with Gasteiger partial charge in [0.15, 0.2) is 5.69 Å². The largest absolute Gasteiger partial charge is 0.466 e. The van der Waals surface area contributed by atoms with Crippen molar-refractivity contribution in [2.75, 3.05) is 18.6 Å². The summed E-state index contributed by atoms with van der Waals surface area (Å²) in [5.41, 5.74) is -8.51. The van der Waals surface area contributed by atoms with Crippen molar-refractivity contribution >= 4 is 45.1 Å². The third-order valence-corrected chi connectivity index (χ3v) is 6.04. The Balaban J connectivity index is 3.24. The summed E-state index contributed by atoms with van der Waals surface area (Å²) in [6.07, 6.45) is -18.5. The number of alkyl halides is 9. The number of ether oxygens (including phenoxy) is 2. The van der Waals surface area contributed by atoms with Crippen LogP contribution in [0, 0.1) is 0 Å². The molecular formula is C21H18BrClF9N3O4. The lowest BCUT2D eigenvalue weighted by atomic mass is 10.1. The fourth-order valence-electron chi connectivity index (χ4n) is 3.32. The van der Waals surface area contributed by atoms with Crippen LogP contribution in [0.2, 0.25) is 5.02 Å². The Morgan fingerprint density at radius 3 is 2.10 bits per heavy atom. The maximum atomic E-state index is 13.8. The molecule has 0 saturated heterocycles. The zero-order valence-corrected chi connectivity index (χ0v) is 22.3. The highest BCUT2D eigenvalue weighted by atomic mass is 79.9. The first-order chi connectivity index (χ1) is 17.8. The highest BCUT2D eigenvalue weighted by molar-refractivity contribution is 9.10. The van der Waals surface area contributed by atoms with Gasteiger partial charge in [-0.15, -0.1) is 0 Å². The number of hydrogen-bond donors (Lipinski definition) is 0. The molecule has 2 aromatic rings. The van der Waals surface area contributed by atoms with E-state index in [1.165, 1.54) is 13.8 Å². The van der Waals surface area contributed by atoms with Gasteiger partial charge in [0, 0.05) is 13.2 Å². The molecule has 1 aromatic carbocycles. The van der Waals surface area contributed by atoms with E-state index in [0.29, 0.717) is 4.57 Å². The normalized spacial score (nSPS) is 13.4. The summed E-state index contributed by atoms with van der Waals surface area (Å²) >= 11 is 8.39. The highest BCUT2D eigenvalue weighted by Crippen LogP contribution is 2.46. The number of benzene rings is 1.